The first kappa shape index (κ1) is 13.7. The third-order valence-electron chi connectivity index (χ3n) is 4.41. The summed E-state index contributed by atoms with van der Waals surface area (Å²) in [4.78, 5) is 0. The molecule has 18 heavy (non-hydrogen) atoms. The normalized spacial score (nSPS) is 30.4. The van der Waals surface area contributed by atoms with Crippen molar-refractivity contribution in [1.82, 2.24) is 5.32 Å². The zero-order valence-electron chi connectivity index (χ0n) is 12.4. The fourth-order valence-corrected chi connectivity index (χ4v) is 3.89. The predicted molar refractivity (Wildman–Crippen MR) is 75.7 cm³/mol. The van der Waals surface area contributed by atoms with Gasteiger partial charge in [-0.3, -0.25) is 0 Å². The van der Waals surface area contributed by atoms with E-state index in [1.807, 2.05) is 6.92 Å². The molecular weight excluding hydrogens is 222 g/mol. The van der Waals surface area contributed by atoms with Crippen molar-refractivity contribution in [2.24, 2.45) is 17.8 Å². The number of hydrogen-bond donors (Lipinski definition) is 1. The molecule has 0 amide bonds. The van der Waals surface area contributed by atoms with Crippen molar-refractivity contribution in [1.29, 1.82) is 0 Å². The van der Waals surface area contributed by atoms with Crippen molar-refractivity contribution in [3.05, 3.63) is 23.2 Å². The zero-order chi connectivity index (χ0) is 13.3. The van der Waals surface area contributed by atoms with E-state index >= 15 is 0 Å². The quantitative estimate of drug-likeness (QED) is 0.867. The second kappa shape index (κ2) is 5.48. The first-order valence-corrected chi connectivity index (χ1v) is 7.25. The van der Waals surface area contributed by atoms with Gasteiger partial charge in [0.25, 0.3) is 0 Å². The molecule has 2 rings (SSSR count). The number of rotatable bonds is 3. The standard InChI is InChI=1S/C16H27NO/c1-10-6-11(2)8-14(7-10)16(17-5)15-9-12(3)18-13(15)4/h9-11,14,16-17H,6-8H2,1-5H3. The number of hydrogen-bond acceptors (Lipinski definition) is 2. The molecule has 0 radical (unpaired) electrons. The van der Waals surface area contributed by atoms with Crippen molar-refractivity contribution < 1.29 is 4.42 Å². The van der Waals surface area contributed by atoms with Crippen LogP contribution in [0.25, 0.3) is 0 Å². The third-order valence-corrected chi connectivity index (χ3v) is 4.41. The minimum absolute atomic E-state index is 0.452. The summed E-state index contributed by atoms with van der Waals surface area (Å²) < 4.78 is 5.70. The van der Waals surface area contributed by atoms with Crippen molar-refractivity contribution in [2.75, 3.05) is 7.05 Å². The molecule has 1 heterocycles. The van der Waals surface area contributed by atoms with Crippen LogP contribution in [0.1, 0.15) is 56.2 Å². The van der Waals surface area contributed by atoms with Gasteiger partial charge in [0.15, 0.2) is 0 Å². The van der Waals surface area contributed by atoms with Crippen molar-refractivity contribution in [2.45, 2.75) is 53.0 Å². The van der Waals surface area contributed by atoms with Gasteiger partial charge in [-0.2, -0.15) is 0 Å². The summed E-state index contributed by atoms with van der Waals surface area (Å²) in [5, 5.41) is 3.52. The maximum Gasteiger partial charge on any atom is 0.105 e. The van der Waals surface area contributed by atoms with Crippen LogP contribution in [0.2, 0.25) is 0 Å². The van der Waals surface area contributed by atoms with E-state index in [9.17, 15) is 0 Å². The molecular formula is C16H27NO. The van der Waals surface area contributed by atoms with Crippen LogP contribution < -0.4 is 5.32 Å². The van der Waals surface area contributed by atoms with Gasteiger partial charge in [0.05, 0.1) is 0 Å². The van der Waals surface area contributed by atoms with Gasteiger partial charge < -0.3 is 9.73 Å². The average Bonchev–Trinajstić information content (AvgIpc) is 2.58. The third kappa shape index (κ3) is 2.80. The van der Waals surface area contributed by atoms with E-state index in [2.05, 4.69) is 39.2 Å². The summed E-state index contributed by atoms with van der Waals surface area (Å²) in [6.07, 6.45) is 4.05. The Bertz CT molecular complexity index is 386. The monoisotopic (exact) mass is 249 g/mol. The van der Waals surface area contributed by atoms with Crippen LogP contribution in [-0.4, -0.2) is 7.05 Å². The average molecular weight is 249 g/mol. The Morgan fingerprint density at radius 3 is 2.22 bits per heavy atom. The summed E-state index contributed by atoms with van der Waals surface area (Å²) >= 11 is 0. The van der Waals surface area contributed by atoms with Crippen molar-refractivity contribution >= 4 is 0 Å². The van der Waals surface area contributed by atoms with Crippen LogP contribution in [0.4, 0.5) is 0 Å². The molecule has 0 bridgehead atoms. The summed E-state index contributed by atoms with van der Waals surface area (Å²) in [5.41, 5.74) is 1.36. The van der Waals surface area contributed by atoms with Crippen LogP contribution in [-0.2, 0) is 0 Å². The summed E-state index contributed by atoms with van der Waals surface area (Å²) in [6, 6.07) is 2.66. The minimum atomic E-state index is 0.452. The molecule has 1 fully saturated rings. The molecule has 0 aliphatic heterocycles. The Morgan fingerprint density at radius 1 is 1.17 bits per heavy atom. The SMILES string of the molecule is CNC(c1cc(C)oc1C)C1CC(C)CC(C)C1. The Hall–Kier alpha value is -0.760. The van der Waals surface area contributed by atoms with Crippen LogP contribution in [0.5, 0.6) is 0 Å². The summed E-state index contributed by atoms with van der Waals surface area (Å²) in [5.74, 6) is 4.55. The van der Waals surface area contributed by atoms with Gasteiger partial charge in [0.1, 0.15) is 11.5 Å². The number of nitrogens with one attached hydrogen (secondary N) is 1. The van der Waals surface area contributed by atoms with Gasteiger partial charge in [0.2, 0.25) is 0 Å². The van der Waals surface area contributed by atoms with E-state index in [4.69, 9.17) is 4.42 Å². The lowest BCUT2D eigenvalue weighted by atomic mass is 9.72. The highest BCUT2D eigenvalue weighted by molar-refractivity contribution is 5.25. The molecule has 1 saturated carbocycles. The highest BCUT2D eigenvalue weighted by Gasteiger charge is 2.31. The molecule has 1 aromatic heterocycles. The first-order chi connectivity index (χ1) is 8.51. The Morgan fingerprint density at radius 2 is 1.78 bits per heavy atom. The molecule has 1 aliphatic rings. The summed E-state index contributed by atoms with van der Waals surface area (Å²) in [7, 11) is 2.08. The molecule has 0 aromatic carbocycles. The molecule has 3 atom stereocenters. The molecule has 0 saturated heterocycles. The first-order valence-electron chi connectivity index (χ1n) is 7.25. The van der Waals surface area contributed by atoms with E-state index in [1.165, 1.54) is 24.8 Å². The lowest BCUT2D eigenvalue weighted by Gasteiger charge is -2.36. The van der Waals surface area contributed by atoms with Crippen molar-refractivity contribution in [3.8, 4) is 0 Å². The van der Waals surface area contributed by atoms with Gasteiger partial charge in [-0.05, 0) is 64.0 Å². The van der Waals surface area contributed by atoms with Crippen LogP contribution in [0.15, 0.2) is 10.5 Å². The summed E-state index contributed by atoms with van der Waals surface area (Å²) in [6.45, 7) is 8.91. The Balaban J connectivity index is 2.20. The molecule has 1 aromatic rings. The van der Waals surface area contributed by atoms with Gasteiger partial charge in [-0.15, -0.1) is 0 Å². The fraction of sp³-hybridized carbons (Fsp3) is 0.750. The van der Waals surface area contributed by atoms with Gasteiger partial charge in [-0.25, -0.2) is 0 Å². The molecule has 1 aliphatic carbocycles. The smallest absolute Gasteiger partial charge is 0.105 e. The number of aryl methyl sites for hydroxylation is 2. The highest BCUT2D eigenvalue weighted by Crippen LogP contribution is 2.40. The number of furan rings is 1. The molecule has 1 N–H and O–H groups in total. The predicted octanol–water partition coefficient (Wildman–Crippen LogP) is 4.23. The van der Waals surface area contributed by atoms with Crippen LogP contribution in [0.3, 0.4) is 0 Å². The second-order valence-electron chi connectivity index (χ2n) is 6.31. The highest BCUT2D eigenvalue weighted by atomic mass is 16.3. The van der Waals surface area contributed by atoms with E-state index in [0.717, 1.165) is 29.3 Å². The van der Waals surface area contributed by atoms with E-state index < -0.39 is 0 Å². The zero-order valence-corrected chi connectivity index (χ0v) is 12.4. The largest absolute Gasteiger partial charge is 0.466 e. The lowest BCUT2D eigenvalue weighted by Crippen LogP contribution is -2.31. The van der Waals surface area contributed by atoms with E-state index in [-0.39, 0.29) is 0 Å². The van der Waals surface area contributed by atoms with E-state index in [0.29, 0.717) is 6.04 Å². The molecule has 102 valence electrons. The minimum Gasteiger partial charge on any atom is -0.466 e. The maximum atomic E-state index is 5.70. The van der Waals surface area contributed by atoms with Gasteiger partial charge in [-0.1, -0.05) is 13.8 Å². The van der Waals surface area contributed by atoms with Gasteiger partial charge >= 0.3 is 0 Å². The second-order valence-corrected chi connectivity index (χ2v) is 6.31. The molecule has 3 unspecified atom stereocenters. The van der Waals surface area contributed by atoms with Crippen molar-refractivity contribution in [3.63, 3.8) is 0 Å². The van der Waals surface area contributed by atoms with Crippen LogP contribution in [0, 0.1) is 31.6 Å². The molecule has 0 spiro atoms. The maximum absolute atomic E-state index is 5.70. The van der Waals surface area contributed by atoms with Crippen LogP contribution >= 0.6 is 0 Å². The van der Waals surface area contributed by atoms with E-state index in [1.54, 1.807) is 0 Å². The van der Waals surface area contributed by atoms with Gasteiger partial charge in [0, 0.05) is 11.6 Å². The Labute approximate surface area is 111 Å². The fourth-order valence-electron chi connectivity index (χ4n) is 3.89. The Kier molecular flexibility index (Phi) is 4.16. The molecule has 2 nitrogen and oxygen atoms in total. The lowest BCUT2D eigenvalue weighted by molar-refractivity contribution is 0.180. The topological polar surface area (TPSA) is 25.2 Å². The molecule has 2 heteroatoms.